The first-order chi connectivity index (χ1) is 17.8. The molecule has 0 fully saturated rings. The SMILES string of the molecule is COC(=O)c1c(NC(=S)Nc2ccc(S(=O)(=O)NC(=O)c3ccccc3)cc2)sc2c1CCCCCC2. The number of fused-ring (bicyclic) bond motifs is 1. The van der Waals surface area contributed by atoms with Gasteiger partial charge in [-0.2, -0.15) is 0 Å². The lowest BCUT2D eigenvalue weighted by atomic mass is 9.96. The second-order valence-corrected chi connectivity index (χ2v) is 11.7. The van der Waals surface area contributed by atoms with E-state index in [1.54, 1.807) is 30.3 Å². The number of amides is 1. The molecule has 0 saturated carbocycles. The molecule has 0 atom stereocenters. The van der Waals surface area contributed by atoms with Crippen LogP contribution in [0.5, 0.6) is 0 Å². The molecule has 2 aromatic carbocycles. The monoisotopic (exact) mass is 557 g/mol. The summed E-state index contributed by atoms with van der Waals surface area (Å²) in [5.41, 5.74) is 2.35. The third-order valence-electron chi connectivity index (χ3n) is 5.97. The van der Waals surface area contributed by atoms with Crippen molar-refractivity contribution >= 4 is 61.3 Å². The third-order valence-corrected chi connectivity index (χ3v) is 8.73. The van der Waals surface area contributed by atoms with Gasteiger partial charge in [-0.15, -0.1) is 11.3 Å². The summed E-state index contributed by atoms with van der Waals surface area (Å²) >= 11 is 6.99. The van der Waals surface area contributed by atoms with Gasteiger partial charge >= 0.3 is 5.97 Å². The predicted molar refractivity (Wildman–Crippen MR) is 149 cm³/mol. The van der Waals surface area contributed by atoms with Crippen LogP contribution in [0.15, 0.2) is 59.5 Å². The van der Waals surface area contributed by atoms with E-state index in [1.807, 2.05) is 0 Å². The Balaban J connectivity index is 1.45. The number of benzene rings is 2. The van der Waals surface area contributed by atoms with E-state index >= 15 is 0 Å². The fourth-order valence-corrected chi connectivity index (χ4v) is 6.68. The number of rotatable bonds is 6. The number of esters is 1. The van der Waals surface area contributed by atoms with Crippen molar-refractivity contribution in [2.24, 2.45) is 0 Å². The number of hydrogen-bond donors (Lipinski definition) is 3. The number of ether oxygens (including phenoxy) is 1. The van der Waals surface area contributed by atoms with Gasteiger partial charge in [0, 0.05) is 16.1 Å². The van der Waals surface area contributed by atoms with E-state index in [2.05, 4.69) is 15.4 Å². The van der Waals surface area contributed by atoms with E-state index in [1.165, 1.54) is 54.0 Å². The Morgan fingerprint density at radius 3 is 2.27 bits per heavy atom. The zero-order chi connectivity index (χ0) is 26.4. The molecule has 4 rings (SSSR count). The lowest BCUT2D eigenvalue weighted by Crippen LogP contribution is -2.30. The van der Waals surface area contributed by atoms with Crippen molar-refractivity contribution in [1.82, 2.24) is 4.72 Å². The summed E-state index contributed by atoms with van der Waals surface area (Å²) in [7, 11) is -2.68. The van der Waals surface area contributed by atoms with Crippen LogP contribution in [0.1, 0.15) is 56.8 Å². The fourth-order valence-electron chi connectivity index (χ4n) is 4.14. The Morgan fingerprint density at radius 1 is 0.919 bits per heavy atom. The van der Waals surface area contributed by atoms with Crippen LogP contribution in [-0.4, -0.2) is 32.5 Å². The molecule has 3 aromatic rings. The van der Waals surface area contributed by atoms with Crippen molar-refractivity contribution in [2.45, 2.75) is 43.4 Å². The molecular formula is C26H27N3O5S3. The zero-order valence-electron chi connectivity index (χ0n) is 20.2. The minimum Gasteiger partial charge on any atom is -0.465 e. The first kappa shape index (κ1) is 26.8. The summed E-state index contributed by atoms with van der Waals surface area (Å²) in [6.45, 7) is 0. The molecule has 1 amide bonds. The van der Waals surface area contributed by atoms with Crippen LogP contribution in [0.3, 0.4) is 0 Å². The van der Waals surface area contributed by atoms with Crippen molar-refractivity contribution in [2.75, 3.05) is 17.7 Å². The molecule has 0 bridgehead atoms. The number of thiocarbonyl (C=S) groups is 1. The summed E-state index contributed by atoms with van der Waals surface area (Å²) in [5, 5.41) is 7.04. The summed E-state index contributed by atoms with van der Waals surface area (Å²) in [5.74, 6) is -1.10. The van der Waals surface area contributed by atoms with E-state index in [-0.39, 0.29) is 15.6 Å². The number of nitrogens with one attached hydrogen (secondary N) is 3. The van der Waals surface area contributed by atoms with Gasteiger partial charge in [0.2, 0.25) is 0 Å². The normalized spacial score (nSPS) is 13.4. The molecule has 1 aliphatic rings. The lowest BCUT2D eigenvalue weighted by Gasteiger charge is -2.12. The number of carbonyl (C=O) groups excluding carboxylic acids is 2. The van der Waals surface area contributed by atoms with Crippen LogP contribution in [-0.2, 0) is 27.6 Å². The summed E-state index contributed by atoms with van der Waals surface area (Å²) in [6, 6.07) is 14.0. The van der Waals surface area contributed by atoms with E-state index in [0.29, 0.717) is 16.3 Å². The number of anilines is 2. The Hall–Kier alpha value is -3.28. The maximum absolute atomic E-state index is 12.6. The lowest BCUT2D eigenvalue weighted by molar-refractivity contribution is 0.0601. The van der Waals surface area contributed by atoms with Gasteiger partial charge in [-0.1, -0.05) is 31.0 Å². The Bertz CT molecular complexity index is 1400. The molecule has 1 heterocycles. The highest BCUT2D eigenvalue weighted by atomic mass is 32.2. The standard InChI is InChI=1S/C26H27N3O5S3/c1-34-25(31)22-20-11-7-2-3-8-12-21(20)36-24(22)28-26(35)27-18-13-15-19(16-14-18)37(32,33)29-23(30)17-9-5-4-6-10-17/h4-6,9-10,13-16H,2-3,7-8,11-12H2,1H3,(H,29,30)(H2,27,28,35). The molecule has 0 spiro atoms. The molecule has 0 radical (unpaired) electrons. The highest BCUT2D eigenvalue weighted by Crippen LogP contribution is 2.37. The van der Waals surface area contributed by atoms with Crippen LogP contribution in [0.2, 0.25) is 0 Å². The number of aryl methyl sites for hydroxylation is 1. The molecule has 8 nitrogen and oxygen atoms in total. The Morgan fingerprint density at radius 2 is 1.59 bits per heavy atom. The Kier molecular flexibility index (Phi) is 8.57. The van der Waals surface area contributed by atoms with Crippen LogP contribution in [0.25, 0.3) is 0 Å². The Labute approximate surface area is 225 Å². The van der Waals surface area contributed by atoms with Gasteiger partial charge in [0.05, 0.1) is 17.6 Å². The van der Waals surface area contributed by atoms with Crippen molar-refractivity contribution in [3.8, 4) is 0 Å². The molecule has 3 N–H and O–H groups in total. The average Bonchev–Trinajstić information content (AvgIpc) is 3.19. The maximum atomic E-state index is 12.6. The van der Waals surface area contributed by atoms with Gasteiger partial charge < -0.3 is 15.4 Å². The second kappa shape index (κ2) is 11.8. The van der Waals surface area contributed by atoms with Gasteiger partial charge in [0.15, 0.2) is 5.11 Å². The van der Waals surface area contributed by atoms with Gasteiger partial charge in [-0.25, -0.2) is 17.9 Å². The molecule has 1 aromatic heterocycles. The largest absolute Gasteiger partial charge is 0.465 e. The summed E-state index contributed by atoms with van der Waals surface area (Å²) in [4.78, 5) is 26.0. The maximum Gasteiger partial charge on any atom is 0.341 e. The van der Waals surface area contributed by atoms with Gasteiger partial charge in [-0.05, 0) is 79.9 Å². The quantitative estimate of drug-likeness (QED) is 0.283. The zero-order valence-corrected chi connectivity index (χ0v) is 22.7. The van der Waals surface area contributed by atoms with Crippen LogP contribution in [0, 0.1) is 0 Å². The van der Waals surface area contributed by atoms with Crippen molar-refractivity contribution in [1.29, 1.82) is 0 Å². The molecule has 194 valence electrons. The number of methoxy groups -OCH3 is 1. The molecule has 0 saturated heterocycles. The van der Waals surface area contributed by atoms with E-state index < -0.39 is 21.9 Å². The van der Waals surface area contributed by atoms with E-state index in [9.17, 15) is 18.0 Å². The molecule has 11 heteroatoms. The summed E-state index contributed by atoms with van der Waals surface area (Å²) < 4.78 is 32.4. The average molecular weight is 558 g/mol. The number of thiophene rings is 1. The molecule has 0 unspecified atom stereocenters. The van der Waals surface area contributed by atoms with Gasteiger partial charge in [0.1, 0.15) is 5.00 Å². The highest BCUT2D eigenvalue weighted by molar-refractivity contribution is 7.90. The number of carbonyl (C=O) groups is 2. The minimum absolute atomic E-state index is 0.0627. The summed E-state index contributed by atoms with van der Waals surface area (Å²) in [6.07, 6.45) is 6.17. The molecule has 1 aliphatic carbocycles. The number of hydrogen-bond acceptors (Lipinski definition) is 7. The van der Waals surface area contributed by atoms with Crippen LogP contribution in [0.4, 0.5) is 10.7 Å². The van der Waals surface area contributed by atoms with E-state index in [4.69, 9.17) is 17.0 Å². The first-order valence-electron chi connectivity index (χ1n) is 11.8. The minimum atomic E-state index is -4.05. The van der Waals surface area contributed by atoms with Crippen molar-refractivity contribution in [3.05, 3.63) is 76.2 Å². The van der Waals surface area contributed by atoms with Crippen molar-refractivity contribution in [3.63, 3.8) is 0 Å². The smallest absolute Gasteiger partial charge is 0.341 e. The second-order valence-electron chi connectivity index (χ2n) is 8.52. The highest BCUT2D eigenvalue weighted by Gasteiger charge is 2.25. The number of sulfonamides is 1. The van der Waals surface area contributed by atoms with Gasteiger partial charge in [0.25, 0.3) is 15.9 Å². The molecular weight excluding hydrogens is 531 g/mol. The van der Waals surface area contributed by atoms with Crippen molar-refractivity contribution < 1.29 is 22.7 Å². The fraction of sp³-hybridized carbons (Fsp3) is 0.269. The van der Waals surface area contributed by atoms with Gasteiger partial charge in [-0.3, -0.25) is 4.79 Å². The van der Waals surface area contributed by atoms with Crippen LogP contribution >= 0.6 is 23.6 Å². The van der Waals surface area contributed by atoms with E-state index in [0.717, 1.165) is 37.7 Å². The molecule has 0 aliphatic heterocycles. The van der Waals surface area contributed by atoms with Crippen LogP contribution < -0.4 is 15.4 Å². The third kappa shape index (κ3) is 6.54. The predicted octanol–water partition coefficient (Wildman–Crippen LogP) is 5.12. The molecule has 37 heavy (non-hydrogen) atoms. The first-order valence-corrected chi connectivity index (χ1v) is 14.5. The topological polar surface area (TPSA) is 114 Å².